The maximum Gasteiger partial charge on any atom is 0.191 e. The van der Waals surface area contributed by atoms with Crippen molar-refractivity contribution >= 4 is 35.8 Å². The number of hydrogen-bond donors (Lipinski definition) is 2. The van der Waals surface area contributed by atoms with Crippen LogP contribution < -0.4 is 15.5 Å². The minimum atomic E-state index is 0. The maximum atomic E-state index is 5.03. The van der Waals surface area contributed by atoms with Crippen LogP contribution in [0.2, 0.25) is 0 Å². The number of nitrogens with zero attached hydrogens (tertiary/aromatic N) is 3. The van der Waals surface area contributed by atoms with Gasteiger partial charge in [0.15, 0.2) is 5.96 Å². The van der Waals surface area contributed by atoms with Crippen molar-refractivity contribution in [3.05, 3.63) is 23.9 Å². The zero-order valence-corrected chi connectivity index (χ0v) is 16.4. The predicted octanol–water partition coefficient (Wildman–Crippen LogP) is 2.00. The fourth-order valence-corrected chi connectivity index (χ4v) is 2.48. The van der Waals surface area contributed by atoms with E-state index in [9.17, 15) is 0 Å². The van der Waals surface area contributed by atoms with Crippen LogP contribution in [0.15, 0.2) is 23.3 Å². The fourth-order valence-electron chi connectivity index (χ4n) is 2.48. The lowest BCUT2D eigenvalue weighted by atomic mass is 10.3. The number of nitrogens with one attached hydrogen (secondary N) is 2. The molecule has 0 aromatic carbocycles. The number of guanidine groups is 1. The van der Waals surface area contributed by atoms with E-state index in [1.54, 1.807) is 14.2 Å². The second kappa shape index (κ2) is 11.4. The lowest BCUT2D eigenvalue weighted by Gasteiger charge is -2.16. The highest BCUT2D eigenvalue weighted by molar-refractivity contribution is 14.0. The third-order valence-corrected chi connectivity index (χ3v) is 3.74. The van der Waals surface area contributed by atoms with Gasteiger partial charge in [0, 0.05) is 53.1 Å². The molecule has 2 N–H and O–H groups in total. The Kier molecular flexibility index (Phi) is 9.93. The zero-order valence-electron chi connectivity index (χ0n) is 14.0. The number of pyridine rings is 1. The summed E-state index contributed by atoms with van der Waals surface area (Å²) in [5.74, 6) is 1.89. The second-order valence-electron chi connectivity index (χ2n) is 5.42. The predicted molar refractivity (Wildman–Crippen MR) is 106 cm³/mol. The average Bonchev–Trinajstić information content (AvgIpc) is 3.09. The number of anilines is 1. The van der Waals surface area contributed by atoms with Gasteiger partial charge in [-0.3, -0.25) is 4.99 Å². The van der Waals surface area contributed by atoms with Gasteiger partial charge in [-0.1, -0.05) is 6.07 Å². The molecular formula is C16H28IN5O. The van der Waals surface area contributed by atoms with Gasteiger partial charge >= 0.3 is 0 Å². The molecule has 0 unspecified atom stereocenters. The Hall–Kier alpha value is -1.09. The van der Waals surface area contributed by atoms with Crippen LogP contribution in [-0.2, 0) is 11.3 Å². The van der Waals surface area contributed by atoms with Crippen molar-refractivity contribution in [3.63, 3.8) is 0 Å². The minimum Gasteiger partial charge on any atom is -0.385 e. The van der Waals surface area contributed by atoms with Gasteiger partial charge in [-0.15, -0.1) is 24.0 Å². The van der Waals surface area contributed by atoms with Crippen molar-refractivity contribution in [3.8, 4) is 0 Å². The Bertz CT molecular complexity index is 460. The largest absolute Gasteiger partial charge is 0.385 e. The maximum absolute atomic E-state index is 5.03. The number of halogens is 1. The van der Waals surface area contributed by atoms with Gasteiger partial charge < -0.3 is 20.3 Å². The molecule has 7 heteroatoms. The molecule has 6 nitrogen and oxygen atoms in total. The van der Waals surface area contributed by atoms with Gasteiger partial charge in [0.2, 0.25) is 0 Å². The van der Waals surface area contributed by atoms with E-state index in [1.807, 2.05) is 6.20 Å². The first-order chi connectivity index (χ1) is 10.8. The Morgan fingerprint density at radius 1 is 1.30 bits per heavy atom. The molecule has 2 rings (SSSR count). The number of aliphatic imine (C=N–C) groups is 1. The zero-order chi connectivity index (χ0) is 15.6. The first kappa shape index (κ1) is 20.0. The van der Waals surface area contributed by atoms with Crippen LogP contribution in [-0.4, -0.2) is 51.3 Å². The summed E-state index contributed by atoms with van der Waals surface area (Å²) in [6, 6.07) is 4.24. The standard InChI is InChI=1S/C16H27N5O.HI/c1-17-16(18-8-5-11-22-2)20-13-14-6-7-15(19-12-14)21-9-3-4-10-21;/h6-7,12H,3-5,8-11,13H2,1-2H3,(H2,17,18,20);1H. The average molecular weight is 433 g/mol. The summed E-state index contributed by atoms with van der Waals surface area (Å²) >= 11 is 0. The van der Waals surface area contributed by atoms with Gasteiger partial charge in [-0.2, -0.15) is 0 Å². The van der Waals surface area contributed by atoms with Crippen LogP contribution in [0.5, 0.6) is 0 Å². The first-order valence-corrected chi connectivity index (χ1v) is 7.97. The highest BCUT2D eigenvalue weighted by atomic mass is 127. The van der Waals surface area contributed by atoms with E-state index in [1.165, 1.54) is 12.8 Å². The molecule has 0 bridgehead atoms. The van der Waals surface area contributed by atoms with Gasteiger partial charge in [-0.05, 0) is 30.9 Å². The molecule has 1 aliphatic heterocycles. The van der Waals surface area contributed by atoms with Gasteiger partial charge in [0.1, 0.15) is 5.82 Å². The number of ether oxygens (including phenoxy) is 1. The molecule has 1 fully saturated rings. The molecular weight excluding hydrogens is 405 g/mol. The molecule has 1 saturated heterocycles. The highest BCUT2D eigenvalue weighted by Gasteiger charge is 2.12. The van der Waals surface area contributed by atoms with Gasteiger partial charge in [0.25, 0.3) is 0 Å². The van der Waals surface area contributed by atoms with Gasteiger partial charge in [-0.25, -0.2) is 4.98 Å². The number of aromatic nitrogens is 1. The number of rotatable bonds is 7. The van der Waals surface area contributed by atoms with Crippen LogP contribution in [0.4, 0.5) is 5.82 Å². The SMILES string of the molecule is CN=C(NCCCOC)NCc1ccc(N2CCCC2)nc1.I. The Labute approximate surface area is 156 Å². The topological polar surface area (TPSA) is 61.8 Å². The summed E-state index contributed by atoms with van der Waals surface area (Å²) in [6.45, 7) is 4.58. The molecule has 0 amide bonds. The number of methoxy groups -OCH3 is 1. The van der Waals surface area contributed by atoms with Crippen LogP contribution in [0.1, 0.15) is 24.8 Å². The lowest BCUT2D eigenvalue weighted by Crippen LogP contribution is -2.37. The highest BCUT2D eigenvalue weighted by Crippen LogP contribution is 2.17. The minimum absolute atomic E-state index is 0. The Balaban J connectivity index is 0.00000264. The summed E-state index contributed by atoms with van der Waals surface area (Å²) in [4.78, 5) is 11.1. The second-order valence-corrected chi connectivity index (χ2v) is 5.42. The fraction of sp³-hybridized carbons (Fsp3) is 0.625. The summed E-state index contributed by atoms with van der Waals surface area (Å²) in [7, 11) is 3.49. The van der Waals surface area contributed by atoms with Crippen LogP contribution in [0, 0.1) is 0 Å². The van der Waals surface area contributed by atoms with Crippen molar-refractivity contribution in [2.75, 3.05) is 45.3 Å². The molecule has 0 aliphatic carbocycles. The van der Waals surface area contributed by atoms with E-state index in [-0.39, 0.29) is 24.0 Å². The third kappa shape index (κ3) is 6.90. The van der Waals surface area contributed by atoms with Crippen molar-refractivity contribution in [1.29, 1.82) is 0 Å². The van der Waals surface area contributed by atoms with E-state index in [0.717, 1.165) is 56.5 Å². The van der Waals surface area contributed by atoms with Crippen molar-refractivity contribution in [1.82, 2.24) is 15.6 Å². The van der Waals surface area contributed by atoms with E-state index in [4.69, 9.17) is 4.74 Å². The third-order valence-electron chi connectivity index (χ3n) is 3.74. The lowest BCUT2D eigenvalue weighted by molar-refractivity contribution is 0.195. The first-order valence-electron chi connectivity index (χ1n) is 7.97. The number of hydrogen-bond acceptors (Lipinski definition) is 4. The molecule has 23 heavy (non-hydrogen) atoms. The molecule has 1 aliphatic rings. The van der Waals surface area contributed by atoms with Crippen molar-refractivity contribution in [2.45, 2.75) is 25.8 Å². The summed E-state index contributed by atoms with van der Waals surface area (Å²) in [5.41, 5.74) is 1.16. The molecule has 2 heterocycles. The Morgan fingerprint density at radius 3 is 2.70 bits per heavy atom. The van der Waals surface area contributed by atoms with Crippen molar-refractivity contribution in [2.24, 2.45) is 4.99 Å². The molecule has 1 aromatic rings. The molecule has 130 valence electrons. The Morgan fingerprint density at radius 2 is 2.09 bits per heavy atom. The van der Waals surface area contributed by atoms with E-state index < -0.39 is 0 Å². The molecule has 1 aromatic heterocycles. The summed E-state index contributed by atoms with van der Waals surface area (Å²) in [5, 5.41) is 6.56. The van der Waals surface area contributed by atoms with Crippen molar-refractivity contribution < 1.29 is 4.74 Å². The van der Waals surface area contributed by atoms with E-state index in [0.29, 0.717) is 0 Å². The van der Waals surface area contributed by atoms with E-state index >= 15 is 0 Å². The normalized spacial score (nSPS) is 14.5. The smallest absolute Gasteiger partial charge is 0.191 e. The monoisotopic (exact) mass is 433 g/mol. The van der Waals surface area contributed by atoms with Gasteiger partial charge in [0.05, 0.1) is 0 Å². The van der Waals surface area contributed by atoms with Crippen LogP contribution in [0.25, 0.3) is 0 Å². The summed E-state index contributed by atoms with van der Waals surface area (Å²) in [6.07, 6.45) is 5.45. The molecule has 0 atom stereocenters. The molecule has 0 spiro atoms. The summed E-state index contributed by atoms with van der Waals surface area (Å²) < 4.78 is 5.03. The van der Waals surface area contributed by atoms with E-state index in [2.05, 4.69) is 37.6 Å². The quantitative estimate of drug-likeness (QED) is 0.298. The van der Waals surface area contributed by atoms with Crippen LogP contribution >= 0.6 is 24.0 Å². The van der Waals surface area contributed by atoms with Crippen LogP contribution in [0.3, 0.4) is 0 Å². The molecule has 0 radical (unpaired) electrons. The molecule has 0 saturated carbocycles.